The third kappa shape index (κ3) is 7.06. The Bertz CT molecular complexity index is 1130. The van der Waals surface area contributed by atoms with E-state index >= 15 is 0 Å². The molecule has 1 heterocycles. The number of hydrogen-bond acceptors (Lipinski definition) is 5. The van der Waals surface area contributed by atoms with Crippen molar-refractivity contribution in [2.45, 2.75) is 39.2 Å². The molecule has 6 nitrogen and oxygen atoms in total. The average Bonchev–Trinajstić information content (AvgIpc) is 2.88. The number of allylic oxidation sites excluding steroid dienone is 5. The van der Waals surface area contributed by atoms with Crippen LogP contribution >= 0.6 is 11.6 Å². The lowest BCUT2D eigenvalue weighted by atomic mass is 9.87. The van der Waals surface area contributed by atoms with Gasteiger partial charge in [0, 0.05) is 31.4 Å². The number of benzene rings is 1. The number of hydrogen-bond donors (Lipinski definition) is 1. The van der Waals surface area contributed by atoms with Crippen LogP contribution < -0.4 is 0 Å². The number of carbonyl (C=O) groups is 2. The minimum Gasteiger partial charge on any atom is -0.508 e. The van der Waals surface area contributed by atoms with Crippen molar-refractivity contribution in [3.05, 3.63) is 77.6 Å². The number of carbonyl (C=O) groups excluding carboxylic acids is 2. The molecule has 1 atom stereocenters. The summed E-state index contributed by atoms with van der Waals surface area (Å²) in [4.78, 5) is 27.4. The standard InChI is InChI=1S/C31H39ClN2O4/c1-5-8-10-24-15-26(36)16-27(22(24)4)28-17-30(38-14-13-35)29(12-9-11-25(28)18-32)33(7-3)19-23-20-34(21-23)31(37)6-2/h5-6,8,10,13,15-17,23,29,36H,1-2,7,9,11-12,14,18-21H2,3-4H3/b10-8-,28-25-,30-17+. The fourth-order valence-corrected chi connectivity index (χ4v) is 5.59. The summed E-state index contributed by atoms with van der Waals surface area (Å²) in [6.07, 6.45) is 12.2. The van der Waals surface area contributed by atoms with Gasteiger partial charge in [-0.3, -0.25) is 14.5 Å². The zero-order chi connectivity index (χ0) is 27.7. The number of aromatic hydroxyl groups is 1. The average molecular weight is 539 g/mol. The minimum absolute atomic E-state index is 0.0197. The van der Waals surface area contributed by atoms with E-state index in [2.05, 4.69) is 25.0 Å². The Kier molecular flexibility index (Phi) is 11.0. The lowest BCUT2D eigenvalue weighted by molar-refractivity contribution is -0.132. The van der Waals surface area contributed by atoms with Gasteiger partial charge >= 0.3 is 0 Å². The van der Waals surface area contributed by atoms with E-state index in [-0.39, 0.29) is 24.3 Å². The molecule has 38 heavy (non-hydrogen) atoms. The molecule has 1 aliphatic carbocycles. The quantitative estimate of drug-likeness (QED) is 0.164. The van der Waals surface area contributed by atoms with Gasteiger partial charge < -0.3 is 14.7 Å². The normalized spacial score (nSPS) is 21.8. The van der Waals surface area contributed by atoms with Gasteiger partial charge in [-0.05, 0) is 84.9 Å². The zero-order valence-electron chi connectivity index (χ0n) is 22.5. The molecule has 1 amide bonds. The summed E-state index contributed by atoms with van der Waals surface area (Å²) in [5, 5.41) is 10.6. The van der Waals surface area contributed by atoms with Crippen molar-refractivity contribution in [1.29, 1.82) is 0 Å². The number of amides is 1. The van der Waals surface area contributed by atoms with Crippen LogP contribution in [0, 0.1) is 12.8 Å². The second-order valence-electron chi connectivity index (χ2n) is 9.79. The largest absolute Gasteiger partial charge is 0.508 e. The molecule has 1 unspecified atom stereocenters. The molecule has 0 saturated carbocycles. The number of likely N-dealkylation sites (tertiary alicyclic amines) is 1. The summed E-state index contributed by atoms with van der Waals surface area (Å²) < 4.78 is 6.09. The monoisotopic (exact) mass is 538 g/mol. The van der Waals surface area contributed by atoms with Crippen LogP contribution in [-0.2, 0) is 14.3 Å². The molecule has 1 aromatic carbocycles. The molecule has 0 aromatic heterocycles. The number of halogens is 1. The van der Waals surface area contributed by atoms with Crippen molar-refractivity contribution in [2.75, 3.05) is 38.7 Å². The Morgan fingerprint density at radius 2 is 2.08 bits per heavy atom. The molecule has 1 saturated heterocycles. The summed E-state index contributed by atoms with van der Waals surface area (Å²) in [5.41, 5.74) is 4.79. The molecular formula is C31H39ClN2O4. The van der Waals surface area contributed by atoms with Gasteiger partial charge in [-0.1, -0.05) is 38.3 Å². The Morgan fingerprint density at radius 3 is 2.71 bits per heavy atom. The zero-order valence-corrected chi connectivity index (χ0v) is 23.3. The van der Waals surface area contributed by atoms with Gasteiger partial charge in [0.1, 0.15) is 18.1 Å². The number of ether oxygens (including phenoxy) is 1. The van der Waals surface area contributed by atoms with E-state index in [0.29, 0.717) is 24.9 Å². The fraction of sp³-hybridized carbons (Fsp3) is 0.419. The van der Waals surface area contributed by atoms with Crippen LogP contribution in [0.4, 0.5) is 0 Å². The van der Waals surface area contributed by atoms with Gasteiger partial charge in [0.15, 0.2) is 6.29 Å². The predicted molar refractivity (Wildman–Crippen MR) is 155 cm³/mol. The first-order valence-corrected chi connectivity index (χ1v) is 13.7. The highest BCUT2D eigenvalue weighted by molar-refractivity contribution is 6.20. The highest BCUT2D eigenvalue weighted by atomic mass is 35.5. The fourth-order valence-electron chi connectivity index (χ4n) is 5.31. The third-order valence-corrected chi connectivity index (χ3v) is 7.67. The smallest absolute Gasteiger partial charge is 0.245 e. The summed E-state index contributed by atoms with van der Waals surface area (Å²) in [6, 6.07) is 3.48. The molecule has 1 aliphatic heterocycles. The summed E-state index contributed by atoms with van der Waals surface area (Å²) in [7, 11) is 0. The van der Waals surface area contributed by atoms with Crippen LogP contribution in [0.2, 0.25) is 0 Å². The molecule has 1 aromatic rings. The Balaban J connectivity index is 2.02. The number of phenols is 1. The summed E-state index contributed by atoms with van der Waals surface area (Å²) >= 11 is 6.47. The highest BCUT2D eigenvalue weighted by Gasteiger charge is 2.34. The number of likely N-dealkylation sites (N-methyl/N-ethyl adjacent to an activating group) is 1. The van der Waals surface area contributed by atoms with Gasteiger partial charge in [-0.25, -0.2) is 0 Å². The molecule has 0 radical (unpaired) electrons. The molecule has 204 valence electrons. The van der Waals surface area contributed by atoms with Crippen molar-refractivity contribution in [1.82, 2.24) is 9.80 Å². The summed E-state index contributed by atoms with van der Waals surface area (Å²) in [5.74, 6) is 1.59. The third-order valence-electron chi connectivity index (χ3n) is 7.35. The molecule has 1 fully saturated rings. The van der Waals surface area contributed by atoms with Crippen molar-refractivity contribution >= 4 is 35.4 Å². The molecule has 3 rings (SSSR count). The van der Waals surface area contributed by atoms with E-state index in [4.69, 9.17) is 16.3 Å². The number of phenolic OH excluding ortho intramolecular Hbond substituents is 1. The van der Waals surface area contributed by atoms with E-state index in [9.17, 15) is 14.7 Å². The number of rotatable bonds is 12. The van der Waals surface area contributed by atoms with Gasteiger partial charge in [-0.15, -0.1) is 11.6 Å². The predicted octanol–water partition coefficient (Wildman–Crippen LogP) is 5.51. The van der Waals surface area contributed by atoms with Crippen LogP contribution in [0.3, 0.4) is 0 Å². The van der Waals surface area contributed by atoms with Crippen LogP contribution in [0.5, 0.6) is 5.75 Å². The molecule has 2 aliphatic rings. The number of alkyl halides is 1. The van der Waals surface area contributed by atoms with Gasteiger partial charge in [0.25, 0.3) is 0 Å². The molecule has 0 bridgehead atoms. The number of nitrogens with zero attached hydrogens (tertiary/aromatic N) is 2. The van der Waals surface area contributed by atoms with Crippen molar-refractivity contribution in [2.24, 2.45) is 5.92 Å². The maximum absolute atomic E-state index is 11.9. The maximum Gasteiger partial charge on any atom is 0.245 e. The van der Waals surface area contributed by atoms with Crippen molar-refractivity contribution in [3.8, 4) is 5.75 Å². The SMILES string of the molecule is C=C/C=C\c1cc(O)cc(C2=C(\CCl)CCCC(N(CC)CC3CN(C(=O)C=C)C3)/C(OCC=O)=C\2)c1C. The van der Waals surface area contributed by atoms with E-state index < -0.39 is 0 Å². The topological polar surface area (TPSA) is 70.1 Å². The molecular weight excluding hydrogens is 500 g/mol. The van der Waals surface area contributed by atoms with E-state index in [1.165, 1.54) is 6.08 Å². The van der Waals surface area contributed by atoms with Crippen LogP contribution in [-0.4, -0.2) is 71.8 Å². The highest BCUT2D eigenvalue weighted by Crippen LogP contribution is 2.36. The molecule has 1 N–H and O–H groups in total. The van der Waals surface area contributed by atoms with Crippen molar-refractivity contribution < 1.29 is 19.4 Å². The first kappa shape index (κ1) is 29.5. The lowest BCUT2D eigenvalue weighted by Crippen LogP contribution is -2.54. The Hall–Kier alpha value is -3.09. The van der Waals surface area contributed by atoms with Crippen molar-refractivity contribution in [3.63, 3.8) is 0 Å². The first-order chi connectivity index (χ1) is 18.4. The Morgan fingerprint density at radius 1 is 1.32 bits per heavy atom. The first-order valence-electron chi connectivity index (χ1n) is 13.2. The Labute approximate surface area is 231 Å². The maximum atomic E-state index is 11.9. The van der Waals surface area contributed by atoms with E-state index in [1.807, 2.05) is 25.2 Å². The van der Waals surface area contributed by atoms with Crippen LogP contribution in [0.15, 0.2) is 60.9 Å². The second-order valence-corrected chi connectivity index (χ2v) is 10.1. The van der Waals surface area contributed by atoms with Crippen LogP contribution in [0.1, 0.15) is 42.9 Å². The van der Waals surface area contributed by atoms with Gasteiger partial charge in [0.2, 0.25) is 5.91 Å². The van der Waals surface area contributed by atoms with Crippen LogP contribution in [0.25, 0.3) is 11.6 Å². The lowest BCUT2D eigenvalue weighted by Gasteiger charge is -2.43. The van der Waals surface area contributed by atoms with Gasteiger partial charge in [-0.2, -0.15) is 0 Å². The molecule has 7 heteroatoms. The second kappa shape index (κ2) is 14.2. The minimum atomic E-state index is -0.0409. The number of aldehydes is 1. The van der Waals surface area contributed by atoms with E-state index in [1.54, 1.807) is 23.1 Å². The van der Waals surface area contributed by atoms with Gasteiger partial charge in [0.05, 0.1) is 6.04 Å². The van der Waals surface area contributed by atoms with E-state index in [0.717, 1.165) is 72.2 Å². The molecule has 0 spiro atoms. The summed E-state index contributed by atoms with van der Waals surface area (Å²) in [6.45, 7) is 14.5.